The van der Waals surface area contributed by atoms with Crippen molar-refractivity contribution in [2.75, 3.05) is 6.61 Å². The summed E-state index contributed by atoms with van der Waals surface area (Å²) in [6, 6.07) is 21.4. The predicted octanol–water partition coefficient (Wildman–Crippen LogP) is 4.46. The molecule has 184 valence electrons. The Labute approximate surface area is 206 Å². The number of fused-ring (bicyclic) bond motifs is 1. The zero-order valence-electron chi connectivity index (χ0n) is 20.1. The van der Waals surface area contributed by atoms with E-state index in [4.69, 9.17) is 9.57 Å². The highest BCUT2D eigenvalue weighted by molar-refractivity contribution is 7.89. The number of hydrogen-bond acceptors (Lipinski definition) is 6. The smallest absolute Gasteiger partial charge is 0.354 e. The summed E-state index contributed by atoms with van der Waals surface area (Å²) in [5.41, 5.74) is 0.0206. The molecule has 0 bridgehead atoms. The van der Waals surface area contributed by atoms with E-state index in [1.54, 1.807) is 25.1 Å². The number of oxime groups is 1. The molecular weight excluding hydrogens is 464 g/mol. The van der Waals surface area contributed by atoms with Crippen LogP contribution in [0.3, 0.4) is 0 Å². The SMILES string of the molecule is CCOC(=O)C1(Cc2ccccc2)CC([C@@H](NS(=O)(=O)c2cccc3ccccc23)C(C)C)=NO1. The van der Waals surface area contributed by atoms with Crippen molar-refractivity contribution in [3.05, 3.63) is 78.4 Å². The van der Waals surface area contributed by atoms with Gasteiger partial charge in [0, 0.05) is 18.2 Å². The van der Waals surface area contributed by atoms with E-state index in [1.807, 2.05) is 68.4 Å². The molecule has 0 saturated carbocycles. The quantitative estimate of drug-likeness (QED) is 0.443. The van der Waals surface area contributed by atoms with Crippen LogP contribution in [0, 0.1) is 5.92 Å². The number of sulfonamides is 1. The predicted molar refractivity (Wildman–Crippen MR) is 136 cm³/mol. The summed E-state index contributed by atoms with van der Waals surface area (Å²) in [7, 11) is -3.90. The Morgan fingerprint density at radius 2 is 1.74 bits per heavy atom. The lowest BCUT2D eigenvalue weighted by molar-refractivity contribution is -0.168. The van der Waals surface area contributed by atoms with E-state index in [2.05, 4.69) is 9.88 Å². The van der Waals surface area contributed by atoms with Gasteiger partial charge in [0.1, 0.15) is 0 Å². The van der Waals surface area contributed by atoms with Crippen LogP contribution in [0.15, 0.2) is 82.8 Å². The molecule has 3 aromatic rings. The van der Waals surface area contributed by atoms with Gasteiger partial charge in [-0.3, -0.25) is 0 Å². The second kappa shape index (κ2) is 10.2. The molecule has 3 aromatic carbocycles. The summed E-state index contributed by atoms with van der Waals surface area (Å²) in [4.78, 5) is 19.0. The van der Waals surface area contributed by atoms with E-state index in [-0.39, 0.29) is 30.3 Å². The maximum absolute atomic E-state index is 13.5. The van der Waals surface area contributed by atoms with Crippen molar-refractivity contribution >= 4 is 32.5 Å². The number of rotatable bonds is 9. The van der Waals surface area contributed by atoms with Gasteiger partial charge in [0.05, 0.1) is 23.3 Å². The molecule has 0 spiro atoms. The van der Waals surface area contributed by atoms with Gasteiger partial charge in [0.15, 0.2) is 0 Å². The topological polar surface area (TPSA) is 94.1 Å². The minimum absolute atomic E-state index is 0.127. The van der Waals surface area contributed by atoms with Crippen LogP contribution in [0.5, 0.6) is 0 Å². The number of ether oxygens (including phenoxy) is 1. The van der Waals surface area contributed by atoms with E-state index >= 15 is 0 Å². The fourth-order valence-corrected chi connectivity index (χ4v) is 5.99. The highest BCUT2D eigenvalue weighted by Crippen LogP contribution is 2.33. The molecule has 4 rings (SSSR count). The summed E-state index contributed by atoms with van der Waals surface area (Å²) >= 11 is 0. The third kappa shape index (κ3) is 5.23. The molecule has 1 heterocycles. The molecular formula is C27H30N2O5S. The molecule has 0 saturated heterocycles. The molecule has 1 aliphatic rings. The molecule has 7 nitrogen and oxygen atoms in total. The third-order valence-electron chi connectivity index (χ3n) is 6.13. The molecule has 0 fully saturated rings. The number of nitrogens with zero attached hydrogens (tertiary/aromatic N) is 1. The molecule has 1 N–H and O–H groups in total. The first kappa shape index (κ1) is 24.9. The number of nitrogens with one attached hydrogen (secondary N) is 1. The lowest BCUT2D eigenvalue weighted by Crippen LogP contribution is -2.48. The number of benzene rings is 3. The highest BCUT2D eigenvalue weighted by Gasteiger charge is 2.50. The molecule has 0 aromatic heterocycles. The van der Waals surface area contributed by atoms with Gasteiger partial charge >= 0.3 is 5.97 Å². The average Bonchev–Trinajstić information content (AvgIpc) is 3.27. The van der Waals surface area contributed by atoms with Gasteiger partial charge in [0.25, 0.3) is 0 Å². The average molecular weight is 495 g/mol. The fraction of sp³-hybridized carbons (Fsp3) is 0.333. The van der Waals surface area contributed by atoms with Crippen LogP contribution in [-0.4, -0.2) is 38.3 Å². The third-order valence-corrected chi connectivity index (χ3v) is 7.63. The molecule has 0 amide bonds. The Hall–Kier alpha value is -3.23. The summed E-state index contributed by atoms with van der Waals surface area (Å²) < 4.78 is 35.2. The second-order valence-electron chi connectivity index (χ2n) is 9.05. The number of carbonyl (C=O) groups is 1. The van der Waals surface area contributed by atoms with Gasteiger partial charge < -0.3 is 9.57 Å². The van der Waals surface area contributed by atoms with Crippen LogP contribution in [-0.2, 0) is 30.8 Å². The minimum Gasteiger partial charge on any atom is -0.463 e. The summed E-state index contributed by atoms with van der Waals surface area (Å²) in [6.07, 6.45) is 0.391. The van der Waals surface area contributed by atoms with Crippen LogP contribution in [0.1, 0.15) is 32.8 Å². The minimum atomic E-state index is -3.90. The zero-order chi connectivity index (χ0) is 25.1. The Kier molecular flexibility index (Phi) is 7.23. The van der Waals surface area contributed by atoms with Crippen molar-refractivity contribution in [1.82, 2.24) is 4.72 Å². The van der Waals surface area contributed by atoms with E-state index in [0.29, 0.717) is 11.1 Å². The van der Waals surface area contributed by atoms with Gasteiger partial charge in [-0.05, 0) is 29.9 Å². The Morgan fingerprint density at radius 3 is 2.46 bits per heavy atom. The van der Waals surface area contributed by atoms with Gasteiger partial charge in [0.2, 0.25) is 15.6 Å². The highest BCUT2D eigenvalue weighted by atomic mass is 32.2. The van der Waals surface area contributed by atoms with Gasteiger partial charge in [-0.1, -0.05) is 85.7 Å². The molecule has 2 atom stereocenters. The number of hydrogen-bond donors (Lipinski definition) is 1. The fourth-order valence-electron chi connectivity index (χ4n) is 4.38. The van der Waals surface area contributed by atoms with Gasteiger partial charge in [-0.15, -0.1) is 0 Å². The van der Waals surface area contributed by atoms with Crippen molar-refractivity contribution in [3.8, 4) is 0 Å². The standard InChI is InChI=1S/C27H30N2O5S/c1-4-33-26(30)27(17-20-11-6-5-7-12-20)18-23(28-34-27)25(19(2)3)29-35(31,32)24-16-10-14-21-13-8-9-15-22(21)24/h5-16,19,25,29H,4,17-18H2,1-3H3/t25-,27?/m0/s1. The first-order chi connectivity index (χ1) is 16.8. The van der Waals surface area contributed by atoms with Crippen LogP contribution < -0.4 is 4.72 Å². The number of esters is 1. The molecule has 1 aliphatic heterocycles. The van der Waals surface area contributed by atoms with Gasteiger partial charge in [-0.2, -0.15) is 0 Å². The molecule has 0 aliphatic carbocycles. The van der Waals surface area contributed by atoms with Crippen LogP contribution >= 0.6 is 0 Å². The maximum Gasteiger partial charge on any atom is 0.354 e. The van der Waals surface area contributed by atoms with Gasteiger partial charge in [-0.25, -0.2) is 17.9 Å². The summed E-state index contributed by atoms with van der Waals surface area (Å²) in [6.45, 7) is 5.75. The molecule has 35 heavy (non-hydrogen) atoms. The van der Waals surface area contributed by atoms with Crippen molar-refractivity contribution < 1.29 is 22.8 Å². The lowest BCUT2D eigenvalue weighted by atomic mass is 9.86. The Morgan fingerprint density at radius 1 is 1.06 bits per heavy atom. The first-order valence-corrected chi connectivity index (χ1v) is 13.2. The van der Waals surface area contributed by atoms with Crippen molar-refractivity contribution in [1.29, 1.82) is 0 Å². The molecule has 1 unspecified atom stereocenters. The largest absolute Gasteiger partial charge is 0.463 e. The van der Waals surface area contributed by atoms with E-state index < -0.39 is 27.6 Å². The van der Waals surface area contributed by atoms with E-state index in [1.165, 1.54) is 0 Å². The molecule has 0 radical (unpaired) electrons. The van der Waals surface area contributed by atoms with Crippen LogP contribution in [0.25, 0.3) is 10.8 Å². The Balaban J connectivity index is 1.63. The second-order valence-corrected chi connectivity index (χ2v) is 10.7. The van der Waals surface area contributed by atoms with Crippen molar-refractivity contribution in [3.63, 3.8) is 0 Å². The van der Waals surface area contributed by atoms with Crippen molar-refractivity contribution in [2.24, 2.45) is 11.1 Å². The lowest BCUT2D eigenvalue weighted by Gasteiger charge is -2.26. The van der Waals surface area contributed by atoms with Crippen LogP contribution in [0.2, 0.25) is 0 Å². The van der Waals surface area contributed by atoms with E-state index in [9.17, 15) is 13.2 Å². The normalized spacial score (nSPS) is 18.8. The monoisotopic (exact) mass is 494 g/mol. The number of carbonyl (C=O) groups excluding carboxylic acids is 1. The van der Waals surface area contributed by atoms with E-state index in [0.717, 1.165) is 10.9 Å². The van der Waals surface area contributed by atoms with Crippen LogP contribution in [0.4, 0.5) is 0 Å². The summed E-state index contributed by atoms with van der Waals surface area (Å²) in [5, 5.41) is 5.71. The maximum atomic E-state index is 13.5. The summed E-state index contributed by atoms with van der Waals surface area (Å²) in [5.74, 6) is -0.654. The Bertz CT molecular complexity index is 1330. The molecule has 8 heteroatoms. The zero-order valence-corrected chi connectivity index (χ0v) is 20.9. The first-order valence-electron chi connectivity index (χ1n) is 11.7. The van der Waals surface area contributed by atoms with Crippen molar-refractivity contribution in [2.45, 2.75) is 50.2 Å².